The highest BCUT2D eigenvalue weighted by atomic mass is 19.1. The highest BCUT2D eigenvalue weighted by Gasteiger charge is 2.44. The van der Waals surface area contributed by atoms with E-state index in [1.807, 2.05) is 7.05 Å². The van der Waals surface area contributed by atoms with E-state index in [-0.39, 0.29) is 0 Å². The van der Waals surface area contributed by atoms with Crippen LogP contribution in [0.2, 0.25) is 0 Å². The van der Waals surface area contributed by atoms with Gasteiger partial charge in [0.15, 0.2) is 0 Å². The molecule has 0 atom stereocenters. The standard InChI is InChI=1S/C14H18FNO3/c1-16-7-5-14(6-8-16,13(17)18)11-9-10(15)3-4-12(11)19-2/h3-4,9H,5-8H2,1-2H3,(H,17,18). The van der Waals surface area contributed by atoms with Crippen LogP contribution < -0.4 is 4.74 Å². The quantitative estimate of drug-likeness (QED) is 0.908. The minimum atomic E-state index is -1.06. The summed E-state index contributed by atoms with van der Waals surface area (Å²) in [5, 5.41) is 9.64. The maximum Gasteiger partial charge on any atom is 0.314 e. The monoisotopic (exact) mass is 267 g/mol. The normalized spacial score (nSPS) is 19.1. The summed E-state index contributed by atoms with van der Waals surface area (Å²) in [7, 11) is 3.43. The summed E-state index contributed by atoms with van der Waals surface area (Å²) >= 11 is 0. The summed E-state index contributed by atoms with van der Waals surface area (Å²) in [6, 6.07) is 4.07. The second-order valence-electron chi connectivity index (χ2n) is 5.04. The number of hydrogen-bond donors (Lipinski definition) is 1. The van der Waals surface area contributed by atoms with Crippen molar-refractivity contribution in [2.24, 2.45) is 0 Å². The zero-order chi connectivity index (χ0) is 14.0. The van der Waals surface area contributed by atoms with Crippen LogP contribution in [0.3, 0.4) is 0 Å². The SMILES string of the molecule is COc1ccc(F)cc1C1(C(=O)O)CCN(C)CC1. The molecule has 2 rings (SSSR count). The van der Waals surface area contributed by atoms with Gasteiger partial charge in [0.1, 0.15) is 11.6 Å². The zero-order valence-electron chi connectivity index (χ0n) is 11.1. The Morgan fingerprint density at radius 3 is 2.58 bits per heavy atom. The average Bonchev–Trinajstić information content (AvgIpc) is 2.39. The summed E-state index contributed by atoms with van der Waals surface area (Å²) in [5.74, 6) is -0.909. The molecule has 0 radical (unpaired) electrons. The first-order valence-corrected chi connectivity index (χ1v) is 6.25. The lowest BCUT2D eigenvalue weighted by molar-refractivity contribution is -0.145. The van der Waals surface area contributed by atoms with E-state index in [9.17, 15) is 14.3 Å². The Bertz CT molecular complexity index is 482. The Hall–Kier alpha value is -1.62. The molecule has 1 fully saturated rings. The summed E-state index contributed by atoms with van der Waals surface area (Å²) in [6.45, 7) is 1.35. The first-order chi connectivity index (χ1) is 8.99. The smallest absolute Gasteiger partial charge is 0.314 e. The molecule has 1 aromatic carbocycles. The molecule has 0 aliphatic carbocycles. The van der Waals surface area contributed by atoms with Crippen LogP contribution in [0.15, 0.2) is 18.2 Å². The minimum Gasteiger partial charge on any atom is -0.496 e. The van der Waals surface area contributed by atoms with E-state index >= 15 is 0 Å². The Morgan fingerprint density at radius 1 is 1.42 bits per heavy atom. The Kier molecular flexibility index (Phi) is 3.75. The van der Waals surface area contributed by atoms with Gasteiger partial charge in [0.2, 0.25) is 0 Å². The summed E-state index contributed by atoms with van der Waals surface area (Å²) in [4.78, 5) is 13.8. The van der Waals surface area contributed by atoms with Crippen molar-refractivity contribution < 1.29 is 19.0 Å². The van der Waals surface area contributed by atoms with E-state index in [1.165, 1.54) is 25.3 Å². The molecule has 1 N–H and O–H groups in total. The fourth-order valence-corrected chi connectivity index (χ4v) is 2.65. The number of likely N-dealkylation sites (tertiary alicyclic amines) is 1. The molecule has 0 bridgehead atoms. The molecular weight excluding hydrogens is 249 g/mol. The number of hydrogen-bond acceptors (Lipinski definition) is 3. The molecule has 0 unspecified atom stereocenters. The van der Waals surface area contributed by atoms with Crippen molar-refractivity contribution in [2.45, 2.75) is 18.3 Å². The number of carbonyl (C=O) groups is 1. The fourth-order valence-electron chi connectivity index (χ4n) is 2.65. The van der Waals surface area contributed by atoms with Crippen LogP contribution in [-0.2, 0) is 10.2 Å². The largest absolute Gasteiger partial charge is 0.496 e. The van der Waals surface area contributed by atoms with Crippen molar-refractivity contribution in [3.05, 3.63) is 29.6 Å². The van der Waals surface area contributed by atoms with Crippen LogP contribution in [0.25, 0.3) is 0 Å². The number of methoxy groups -OCH3 is 1. The molecule has 0 aromatic heterocycles. The van der Waals surface area contributed by atoms with Crippen LogP contribution in [0, 0.1) is 5.82 Å². The number of carboxylic acid groups (broad SMARTS) is 1. The van der Waals surface area contributed by atoms with Crippen molar-refractivity contribution in [3.63, 3.8) is 0 Å². The highest BCUT2D eigenvalue weighted by molar-refractivity contribution is 5.82. The number of aliphatic carboxylic acids is 1. The topological polar surface area (TPSA) is 49.8 Å². The van der Waals surface area contributed by atoms with E-state index < -0.39 is 17.2 Å². The molecule has 0 saturated carbocycles. The van der Waals surface area contributed by atoms with Crippen LogP contribution in [0.1, 0.15) is 18.4 Å². The molecule has 0 spiro atoms. The number of piperidine rings is 1. The van der Waals surface area contributed by atoms with E-state index in [4.69, 9.17) is 4.74 Å². The summed E-state index contributed by atoms with van der Waals surface area (Å²) in [6.07, 6.45) is 0.914. The first kappa shape index (κ1) is 13.8. The highest BCUT2D eigenvalue weighted by Crippen LogP contribution is 2.40. The Labute approximate surface area is 111 Å². The third kappa shape index (κ3) is 2.42. The average molecular weight is 267 g/mol. The van der Waals surface area contributed by atoms with E-state index in [2.05, 4.69) is 4.90 Å². The van der Waals surface area contributed by atoms with Gasteiger partial charge >= 0.3 is 5.97 Å². The maximum atomic E-state index is 13.5. The molecule has 1 saturated heterocycles. The molecule has 1 aromatic rings. The van der Waals surface area contributed by atoms with Gasteiger partial charge in [0.25, 0.3) is 0 Å². The van der Waals surface area contributed by atoms with Crippen LogP contribution in [0.5, 0.6) is 5.75 Å². The van der Waals surface area contributed by atoms with Gasteiger partial charge in [-0.1, -0.05) is 0 Å². The lowest BCUT2D eigenvalue weighted by Gasteiger charge is -2.38. The Balaban J connectivity index is 2.50. The Morgan fingerprint density at radius 2 is 2.05 bits per heavy atom. The zero-order valence-corrected chi connectivity index (χ0v) is 11.1. The summed E-state index contributed by atoms with van der Waals surface area (Å²) in [5.41, 5.74) is -0.615. The lowest BCUT2D eigenvalue weighted by Crippen LogP contribution is -2.46. The van der Waals surface area contributed by atoms with Crippen molar-refractivity contribution in [2.75, 3.05) is 27.2 Å². The van der Waals surface area contributed by atoms with Crippen LogP contribution in [-0.4, -0.2) is 43.2 Å². The van der Waals surface area contributed by atoms with Gasteiger partial charge in [0.05, 0.1) is 12.5 Å². The van der Waals surface area contributed by atoms with E-state index in [1.54, 1.807) is 0 Å². The number of carboxylic acids is 1. The van der Waals surface area contributed by atoms with E-state index in [0.717, 1.165) is 0 Å². The molecule has 104 valence electrons. The first-order valence-electron chi connectivity index (χ1n) is 6.25. The third-order valence-corrected chi connectivity index (χ3v) is 3.93. The molecule has 4 nitrogen and oxygen atoms in total. The van der Waals surface area contributed by atoms with Crippen molar-refractivity contribution in [1.29, 1.82) is 0 Å². The van der Waals surface area contributed by atoms with E-state index in [0.29, 0.717) is 37.2 Å². The van der Waals surface area contributed by atoms with Gasteiger partial charge in [0, 0.05) is 5.56 Å². The number of nitrogens with zero attached hydrogens (tertiary/aromatic N) is 1. The maximum absolute atomic E-state index is 13.5. The second-order valence-corrected chi connectivity index (χ2v) is 5.04. The lowest BCUT2D eigenvalue weighted by atomic mass is 9.72. The molecule has 1 heterocycles. The summed E-state index contributed by atoms with van der Waals surface area (Å²) < 4.78 is 18.7. The van der Waals surface area contributed by atoms with Crippen molar-refractivity contribution >= 4 is 5.97 Å². The minimum absolute atomic E-state index is 0.435. The molecule has 19 heavy (non-hydrogen) atoms. The van der Waals surface area contributed by atoms with Crippen LogP contribution in [0.4, 0.5) is 4.39 Å². The molecular formula is C14H18FNO3. The molecule has 1 aliphatic rings. The molecule has 1 aliphatic heterocycles. The van der Waals surface area contributed by atoms with Gasteiger partial charge in [-0.3, -0.25) is 4.79 Å². The number of benzene rings is 1. The van der Waals surface area contributed by atoms with Crippen molar-refractivity contribution in [1.82, 2.24) is 4.90 Å². The number of rotatable bonds is 3. The number of ether oxygens (including phenoxy) is 1. The fraction of sp³-hybridized carbons (Fsp3) is 0.500. The third-order valence-electron chi connectivity index (χ3n) is 3.93. The van der Waals surface area contributed by atoms with Gasteiger partial charge in [-0.2, -0.15) is 0 Å². The van der Waals surface area contributed by atoms with Gasteiger partial charge in [-0.25, -0.2) is 4.39 Å². The predicted octanol–water partition coefficient (Wildman–Crippen LogP) is 1.88. The van der Waals surface area contributed by atoms with Crippen LogP contribution >= 0.6 is 0 Å². The predicted molar refractivity (Wildman–Crippen MR) is 69.0 cm³/mol. The van der Waals surface area contributed by atoms with Gasteiger partial charge in [-0.15, -0.1) is 0 Å². The number of halogens is 1. The molecule has 0 amide bonds. The second kappa shape index (κ2) is 5.17. The molecule has 5 heteroatoms. The van der Waals surface area contributed by atoms with Gasteiger partial charge in [-0.05, 0) is 51.2 Å². The van der Waals surface area contributed by atoms with Crippen molar-refractivity contribution in [3.8, 4) is 5.75 Å². The van der Waals surface area contributed by atoms with Gasteiger partial charge < -0.3 is 14.7 Å².